The van der Waals surface area contributed by atoms with Gasteiger partial charge in [0.1, 0.15) is 0 Å². The summed E-state index contributed by atoms with van der Waals surface area (Å²) < 4.78 is 0. The van der Waals surface area contributed by atoms with Crippen LogP contribution in [0.2, 0.25) is 0 Å². The third kappa shape index (κ3) is 1.90. The second-order valence-electron chi connectivity index (χ2n) is 5.62. The first-order valence-corrected chi connectivity index (χ1v) is 5.80. The first-order valence-electron chi connectivity index (χ1n) is 5.80. The van der Waals surface area contributed by atoms with Crippen LogP contribution in [0.3, 0.4) is 0 Å². The molecule has 2 rings (SSSR count). The van der Waals surface area contributed by atoms with Crippen LogP contribution in [0.4, 0.5) is 0 Å². The molecule has 0 spiro atoms. The van der Waals surface area contributed by atoms with Crippen LogP contribution < -0.4 is 0 Å². The summed E-state index contributed by atoms with van der Waals surface area (Å²) in [6, 6.07) is 0. The van der Waals surface area contributed by atoms with E-state index in [-0.39, 0.29) is 6.10 Å². The summed E-state index contributed by atoms with van der Waals surface area (Å²) in [7, 11) is 0. The third-order valence-corrected chi connectivity index (χ3v) is 4.26. The summed E-state index contributed by atoms with van der Waals surface area (Å²) in [6.07, 6.45) is 7.69. The smallest absolute Gasteiger partial charge is 0.0621 e. The van der Waals surface area contributed by atoms with Gasteiger partial charge in [0.05, 0.1) is 6.10 Å². The van der Waals surface area contributed by atoms with E-state index in [9.17, 15) is 5.11 Å². The highest BCUT2D eigenvalue weighted by Gasteiger charge is 2.47. The van der Waals surface area contributed by atoms with Gasteiger partial charge >= 0.3 is 0 Å². The summed E-state index contributed by atoms with van der Waals surface area (Å²) in [5.41, 5.74) is 0.311. The van der Waals surface area contributed by atoms with Crippen LogP contribution in [0.1, 0.15) is 52.4 Å². The van der Waals surface area contributed by atoms with E-state index in [1.165, 1.54) is 38.5 Å². The lowest BCUT2D eigenvalue weighted by atomic mass is 9.76. The third-order valence-electron chi connectivity index (χ3n) is 4.26. The van der Waals surface area contributed by atoms with Gasteiger partial charge in [-0.05, 0) is 42.9 Å². The Hall–Kier alpha value is -0.0400. The van der Waals surface area contributed by atoms with Gasteiger partial charge in [-0.1, -0.05) is 26.7 Å². The fourth-order valence-electron chi connectivity index (χ4n) is 2.66. The van der Waals surface area contributed by atoms with Crippen LogP contribution in [-0.2, 0) is 0 Å². The van der Waals surface area contributed by atoms with Crippen molar-refractivity contribution in [2.75, 3.05) is 0 Å². The Morgan fingerprint density at radius 3 is 2.15 bits per heavy atom. The van der Waals surface area contributed by atoms with Crippen molar-refractivity contribution >= 4 is 0 Å². The van der Waals surface area contributed by atoms with Crippen LogP contribution in [0, 0.1) is 17.3 Å². The maximum absolute atomic E-state index is 10.2. The summed E-state index contributed by atoms with van der Waals surface area (Å²) in [4.78, 5) is 0. The second-order valence-corrected chi connectivity index (χ2v) is 5.62. The van der Waals surface area contributed by atoms with Crippen molar-refractivity contribution in [2.24, 2.45) is 17.3 Å². The molecule has 1 heteroatoms. The molecule has 0 aromatic carbocycles. The number of aliphatic hydroxyl groups is 1. The normalized spacial score (nSPS) is 39.9. The maximum Gasteiger partial charge on any atom is 0.0621 e. The Morgan fingerprint density at radius 1 is 1.15 bits per heavy atom. The van der Waals surface area contributed by atoms with Crippen LogP contribution in [-0.4, -0.2) is 11.2 Å². The molecule has 1 N–H and O–H groups in total. The van der Waals surface area contributed by atoms with Gasteiger partial charge in [-0.15, -0.1) is 0 Å². The van der Waals surface area contributed by atoms with Crippen LogP contribution in [0.25, 0.3) is 0 Å². The SMILES string of the molecule is CC1CCC(C(O)C2(C)CC2)CC1. The van der Waals surface area contributed by atoms with E-state index < -0.39 is 0 Å². The molecule has 0 bridgehead atoms. The molecule has 0 aromatic heterocycles. The van der Waals surface area contributed by atoms with Gasteiger partial charge in [-0.3, -0.25) is 0 Å². The molecule has 76 valence electrons. The summed E-state index contributed by atoms with van der Waals surface area (Å²) in [5.74, 6) is 1.51. The lowest BCUT2D eigenvalue weighted by Gasteiger charge is -2.33. The van der Waals surface area contributed by atoms with Crippen LogP contribution in [0.15, 0.2) is 0 Å². The molecular formula is C12H22O. The zero-order valence-corrected chi connectivity index (χ0v) is 8.92. The molecule has 2 fully saturated rings. The van der Waals surface area contributed by atoms with Gasteiger partial charge in [0.25, 0.3) is 0 Å². The van der Waals surface area contributed by atoms with Crippen LogP contribution in [0.5, 0.6) is 0 Å². The van der Waals surface area contributed by atoms with Gasteiger partial charge in [0.2, 0.25) is 0 Å². The van der Waals surface area contributed by atoms with E-state index in [0.29, 0.717) is 11.3 Å². The second kappa shape index (κ2) is 3.27. The van der Waals surface area contributed by atoms with E-state index in [0.717, 1.165) is 5.92 Å². The predicted octanol–water partition coefficient (Wildman–Crippen LogP) is 2.97. The van der Waals surface area contributed by atoms with Gasteiger partial charge < -0.3 is 5.11 Å². The van der Waals surface area contributed by atoms with Crippen molar-refractivity contribution in [2.45, 2.75) is 58.5 Å². The number of aliphatic hydroxyl groups excluding tert-OH is 1. The molecule has 0 aromatic rings. The fourth-order valence-corrected chi connectivity index (χ4v) is 2.66. The van der Waals surface area contributed by atoms with Gasteiger partial charge in [-0.25, -0.2) is 0 Å². The fraction of sp³-hybridized carbons (Fsp3) is 1.00. The van der Waals surface area contributed by atoms with Crippen LogP contribution >= 0.6 is 0 Å². The molecule has 1 unspecified atom stereocenters. The number of hydrogen-bond acceptors (Lipinski definition) is 1. The van der Waals surface area contributed by atoms with E-state index in [1.807, 2.05) is 0 Å². The van der Waals surface area contributed by atoms with Gasteiger partial charge in [-0.2, -0.15) is 0 Å². The lowest BCUT2D eigenvalue weighted by molar-refractivity contribution is 0.0225. The monoisotopic (exact) mass is 182 g/mol. The Morgan fingerprint density at radius 2 is 1.69 bits per heavy atom. The molecule has 13 heavy (non-hydrogen) atoms. The van der Waals surface area contributed by atoms with Crippen molar-refractivity contribution in [3.8, 4) is 0 Å². The van der Waals surface area contributed by atoms with E-state index >= 15 is 0 Å². The Kier molecular flexibility index (Phi) is 2.39. The highest BCUT2D eigenvalue weighted by atomic mass is 16.3. The molecule has 1 nitrogen and oxygen atoms in total. The Balaban J connectivity index is 1.87. The first-order chi connectivity index (χ1) is 6.12. The number of hydrogen-bond donors (Lipinski definition) is 1. The molecule has 0 saturated heterocycles. The minimum atomic E-state index is -0.000000000000000666. The van der Waals surface area contributed by atoms with Gasteiger partial charge in [0.15, 0.2) is 0 Å². The standard InChI is InChI=1S/C12H22O/c1-9-3-5-10(6-4-9)11(13)12(2)7-8-12/h9-11,13H,3-8H2,1-2H3. The summed E-state index contributed by atoms with van der Waals surface area (Å²) in [6.45, 7) is 4.58. The predicted molar refractivity (Wildman–Crippen MR) is 54.5 cm³/mol. The van der Waals surface area contributed by atoms with E-state index in [4.69, 9.17) is 0 Å². The highest BCUT2D eigenvalue weighted by Crippen LogP contribution is 2.52. The topological polar surface area (TPSA) is 20.2 Å². The first kappa shape index (κ1) is 9.51. The number of rotatable bonds is 2. The highest BCUT2D eigenvalue weighted by molar-refractivity contribution is 4.98. The van der Waals surface area contributed by atoms with Gasteiger partial charge in [0, 0.05) is 0 Å². The molecule has 0 amide bonds. The molecule has 0 heterocycles. The largest absolute Gasteiger partial charge is 0.392 e. The zero-order valence-electron chi connectivity index (χ0n) is 8.92. The quantitative estimate of drug-likeness (QED) is 0.696. The van der Waals surface area contributed by atoms with Crippen molar-refractivity contribution in [3.05, 3.63) is 0 Å². The minimum absolute atomic E-state index is 0.000000000000000666. The molecule has 2 saturated carbocycles. The Labute approximate surface area is 81.5 Å². The molecule has 2 aliphatic carbocycles. The van der Waals surface area contributed by atoms with Crippen molar-refractivity contribution < 1.29 is 5.11 Å². The van der Waals surface area contributed by atoms with E-state index in [1.54, 1.807) is 0 Å². The van der Waals surface area contributed by atoms with Crippen molar-refractivity contribution in [1.29, 1.82) is 0 Å². The summed E-state index contributed by atoms with van der Waals surface area (Å²) in [5, 5.41) is 10.2. The molecule has 0 aliphatic heterocycles. The average Bonchev–Trinajstić information content (AvgIpc) is 2.85. The zero-order chi connectivity index (χ0) is 9.47. The molecule has 0 radical (unpaired) electrons. The average molecular weight is 182 g/mol. The summed E-state index contributed by atoms with van der Waals surface area (Å²) >= 11 is 0. The lowest BCUT2D eigenvalue weighted by Crippen LogP contribution is -2.31. The van der Waals surface area contributed by atoms with E-state index in [2.05, 4.69) is 13.8 Å². The molecule has 1 atom stereocenters. The Bertz CT molecular complexity index is 176. The minimum Gasteiger partial charge on any atom is -0.392 e. The molecule has 2 aliphatic rings. The molecular weight excluding hydrogens is 160 g/mol. The van der Waals surface area contributed by atoms with Crippen molar-refractivity contribution in [3.63, 3.8) is 0 Å². The maximum atomic E-state index is 10.2. The van der Waals surface area contributed by atoms with Crippen molar-refractivity contribution in [1.82, 2.24) is 0 Å².